The number of carbonyl (C=O) groups excluding carboxylic acids is 3. The van der Waals surface area contributed by atoms with Gasteiger partial charge in [-0.2, -0.15) is 0 Å². The predicted molar refractivity (Wildman–Crippen MR) is 101 cm³/mol. The van der Waals surface area contributed by atoms with Crippen LogP contribution in [0, 0.1) is 0 Å². The van der Waals surface area contributed by atoms with Crippen LogP contribution in [0.2, 0.25) is 0 Å². The van der Waals surface area contributed by atoms with E-state index in [-0.39, 0.29) is 5.91 Å². The molecule has 0 spiro atoms. The summed E-state index contributed by atoms with van der Waals surface area (Å²) in [4.78, 5) is 35.2. The molecule has 6 nitrogen and oxygen atoms in total. The molecule has 0 bridgehead atoms. The molecule has 0 aromatic heterocycles. The summed E-state index contributed by atoms with van der Waals surface area (Å²) in [6, 6.07) is 16.0. The molecule has 2 rings (SSSR count). The summed E-state index contributed by atoms with van der Waals surface area (Å²) in [5.41, 5.74) is 2.08. The van der Waals surface area contributed by atoms with Crippen molar-refractivity contribution in [3.05, 3.63) is 77.4 Å². The third kappa shape index (κ3) is 6.43. The minimum atomic E-state index is -0.910. The number of methoxy groups -OCH3 is 1. The van der Waals surface area contributed by atoms with Crippen LogP contribution in [-0.2, 0) is 25.6 Å². The highest BCUT2D eigenvalue weighted by Crippen LogP contribution is 2.08. The fourth-order valence-electron chi connectivity index (χ4n) is 2.21. The van der Waals surface area contributed by atoms with E-state index in [0.717, 1.165) is 5.56 Å². The Morgan fingerprint density at radius 3 is 2.33 bits per heavy atom. The maximum absolute atomic E-state index is 12.0. The third-order valence-electron chi connectivity index (χ3n) is 3.72. The van der Waals surface area contributed by atoms with Gasteiger partial charge in [-0.25, -0.2) is 9.59 Å². The van der Waals surface area contributed by atoms with Gasteiger partial charge in [0.25, 0.3) is 5.91 Å². The number of nitrogens with one attached hydrogen (secondary N) is 1. The SMILES string of the molecule is COC(=O)c1ccc(/C=C/C(=O)O[C@H](C)C(=O)NCc2ccccc2)cc1. The summed E-state index contributed by atoms with van der Waals surface area (Å²) in [5.74, 6) is -1.43. The lowest BCUT2D eigenvalue weighted by Crippen LogP contribution is -2.35. The Labute approximate surface area is 157 Å². The smallest absolute Gasteiger partial charge is 0.337 e. The highest BCUT2D eigenvalue weighted by molar-refractivity contribution is 5.91. The molecule has 0 fully saturated rings. The minimum absolute atomic E-state index is 0.365. The largest absolute Gasteiger partial charge is 0.465 e. The molecule has 2 aromatic carbocycles. The van der Waals surface area contributed by atoms with E-state index in [9.17, 15) is 14.4 Å². The van der Waals surface area contributed by atoms with Gasteiger partial charge < -0.3 is 14.8 Å². The quantitative estimate of drug-likeness (QED) is 0.601. The van der Waals surface area contributed by atoms with Crippen molar-refractivity contribution >= 4 is 23.9 Å². The molecule has 0 aliphatic rings. The van der Waals surface area contributed by atoms with E-state index in [2.05, 4.69) is 10.1 Å². The summed E-state index contributed by atoms with van der Waals surface area (Å²) in [7, 11) is 1.31. The molecule has 1 amide bonds. The average Bonchev–Trinajstić information content (AvgIpc) is 2.71. The summed E-state index contributed by atoms with van der Waals surface area (Å²) in [5, 5.41) is 2.72. The predicted octanol–water partition coefficient (Wildman–Crippen LogP) is 2.73. The second-order valence-corrected chi connectivity index (χ2v) is 5.73. The van der Waals surface area contributed by atoms with Gasteiger partial charge >= 0.3 is 11.9 Å². The third-order valence-corrected chi connectivity index (χ3v) is 3.72. The molecule has 0 unspecified atom stereocenters. The lowest BCUT2D eigenvalue weighted by Gasteiger charge is -2.12. The van der Waals surface area contributed by atoms with Crippen molar-refractivity contribution in [1.82, 2.24) is 5.32 Å². The normalized spacial score (nSPS) is 11.6. The Kier molecular flexibility index (Phi) is 7.31. The molecule has 0 saturated carbocycles. The Morgan fingerprint density at radius 1 is 1.04 bits per heavy atom. The second-order valence-electron chi connectivity index (χ2n) is 5.73. The topological polar surface area (TPSA) is 81.7 Å². The van der Waals surface area contributed by atoms with Crippen molar-refractivity contribution in [2.75, 3.05) is 7.11 Å². The number of rotatable bonds is 7. The van der Waals surface area contributed by atoms with Gasteiger partial charge in [-0.3, -0.25) is 4.79 Å². The van der Waals surface area contributed by atoms with Gasteiger partial charge in [-0.15, -0.1) is 0 Å². The van der Waals surface area contributed by atoms with E-state index in [4.69, 9.17) is 4.74 Å². The van der Waals surface area contributed by atoms with Crippen LogP contribution in [0.3, 0.4) is 0 Å². The van der Waals surface area contributed by atoms with Gasteiger partial charge in [0.15, 0.2) is 6.10 Å². The molecule has 1 atom stereocenters. The molecular formula is C21H21NO5. The van der Waals surface area contributed by atoms with E-state index >= 15 is 0 Å². The number of hydrogen-bond donors (Lipinski definition) is 1. The Bertz CT molecular complexity index is 812. The summed E-state index contributed by atoms with van der Waals surface area (Å²) >= 11 is 0. The van der Waals surface area contributed by atoms with Crippen molar-refractivity contribution < 1.29 is 23.9 Å². The molecule has 0 heterocycles. The fourth-order valence-corrected chi connectivity index (χ4v) is 2.21. The molecule has 1 N–H and O–H groups in total. The lowest BCUT2D eigenvalue weighted by atomic mass is 10.1. The molecule has 27 heavy (non-hydrogen) atoms. The van der Waals surface area contributed by atoms with Crippen molar-refractivity contribution in [3.8, 4) is 0 Å². The maximum atomic E-state index is 12.0. The van der Waals surface area contributed by atoms with E-state index in [1.165, 1.54) is 26.2 Å². The molecule has 2 aromatic rings. The van der Waals surface area contributed by atoms with Crippen LogP contribution in [-0.4, -0.2) is 31.1 Å². The van der Waals surface area contributed by atoms with Crippen LogP contribution in [0.4, 0.5) is 0 Å². The van der Waals surface area contributed by atoms with E-state index in [1.54, 1.807) is 24.3 Å². The zero-order valence-corrected chi connectivity index (χ0v) is 15.2. The Hall–Kier alpha value is -3.41. The second kappa shape index (κ2) is 9.91. The summed E-state index contributed by atoms with van der Waals surface area (Å²) in [6.45, 7) is 1.88. The van der Waals surface area contributed by atoms with E-state index in [1.807, 2.05) is 30.3 Å². The van der Waals surface area contributed by atoms with Crippen LogP contribution in [0.1, 0.15) is 28.4 Å². The zero-order chi connectivity index (χ0) is 19.6. The van der Waals surface area contributed by atoms with Crippen LogP contribution in [0.5, 0.6) is 0 Å². The zero-order valence-electron chi connectivity index (χ0n) is 15.2. The Balaban J connectivity index is 1.82. The van der Waals surface area contributed by atoms with Crippen LogP contribution in [0.25, 0.3) is 6.08 Å². The first-order valence-corrected chi connectivity index (χ1v) is 8.38. The lowest BCUT2D eigenvalue weighted by molar-refractivity contribution is -0.150. The van der Waals surface area contributed by atoms with Crippen LogP contribution < -0.4 is 5.32 Å². The van der Waals surface area contributed by atoms with Gasteiger partial charge in [0.1, 0.15) is 0 Å². The average molecular weight is 367 g/mol. The highest BCUT2D eigenvalue weighted by atomic mass is 16.5. The standard InChI is InChI=1S/C21H21NO5/c1-15(20(24)22-14-17-6-4-3-5-7-17)27-19(23)13-10-16-8-11-18(12-9-16)21(25)26-2/h3-13,15H,14H2,1-2H3,(H,22,24)/b13-10+/t15-/m1/s1. The minimum Gasteiger partial charge on any atom is -0.465 e. The van der Waals surface area contributed by atoms with Gasteiger partial charge in [0.05, 0.1) is 12.7 Å². The summed E-state index contributed by atoms with van der Waals surface area (Å²) < 4.78 is 9.71. The van der Waals surface area contributed by atoms with Crippen LogP contribution >= 0.6 is 0 Å². The van der Waals surface area contributed by atoms with Gasteiger partial charge in [-0.05, 0) is 36.3 Å². The molecule has 140 valence electrons. The van der Waals surface area contributed by atoms with Crippen molar-refractivity contribution in [2.24, 2.45) is 0 Å². The number of amides is 1. The number of hydrogen-bond acceptors (Lipinski definition) is 5. The van der Waals surface area contributed by atoms with Crippen LogP contribution in [0.15, 0.2) is 60.7 Å². The number of esters is 2. The molecule has 0 aliphatic heterocycles. The molecule has 0 saturated heterocycles. The first kappa shape index (κ1) is 19.9. The molecule has 0 radical (unpaired) electrons. The van der Waals surface area contributed by atoms with Gasteiger partial charge in [0.2, 0.25) is 0 Å². The fraction of sp³-hybridized carbons (Fsp3) is 0.190. The van der Waals surface area contributed by atoms with E-state index < -0.39 is 18.0 Å². The van der Waals surface area contributed by atoms with Crippen molar-refractivity contribution in [3.63, 3.8) is 0 Å². The van der Waals surface area contributed by atoms with Gasteiger partial charge in [-0.1, -0.05) is 42.5 Å². The summed E-state index contributed by atoms with van der Waals surface area (Å²) in [6.07, 6.45) is 1.86. The Morgan fingerprint density at radius 2 is 1.70 bits per heavy atom. The van der Waals surface area contributed by atoms with Crippen molar-refractivity contribution in [1.29, 1.82) is 0 Å². The molecule has 6 heteroatoms. The highest BCUT2D eigenvalue weighted by Gasteiger charge is 2.16. The van der Waals surface area contributed by atoms with Crippen molar-refractivity contribution in [2.45, 2.75) is 19.6 Å². The number of carbonyl (C=O) groups is 3. The molecular weight excluding hydrogens is 346 g/mol. The first-order chi connectivity index (χ1) is 13.0. The molecule has 0 aliphatic carbocycles. The van der Waals surface area contributed by atoms with Gasteiger partial charge in [0, 0.05) is 12.6 Å². The first-order valence-electron chi connectivity index (χ1n) is 8.38. The monoisotopic (exact) mass is 367 g/mol. The number of benzene rings is 2. The number of ether oxygens (including phenoxy) is 2. The van der Waals surface area contributed by atoms with E-state index in [0.29, 0.717) is 17.7 Å². The maximum Gasteiger partial charge on any atom is 0.337 e.